The molecule has 4 nitrogen and oxygen atoms in total. The van der Waals surface area contributed by atoms with Gasteiger partial charge >= 0.3 is 0 Å². The largest absolute Gasteiger partial charge is 0.495 e. The fourth-order valence-electron chi connectivity index (χ4n) is 1.74. The summed E-state index contributed by atoms with van der Waals surface area (Å²) in [7, 11) is 1.62. The van der Waals surface area contributed by atoms with Crippen molar-refractivity contribution < 1.29 is 4.74 Å². The minimum absolute atomic E-state index is 0.637. The third-order valence-corrected chi connectivity index (χ3v) is 2.56. The number of benzene rings is 1. The van der Waals surface area contributed by atoms with Crippen molar-refractivity contribution in [2.75, 3.05) is 12.8 Å². The summed E-state index contributed by atoms with van der Waals surface area (Å²) in [6, 6.07) is 5.73. The summed E-state index contributed by atoms with van der Waals surface area (Å²) in [4.78, 5) is 4.27. The number of rotatable bonds is 3. The van der Waals surface area contributed by atoms with Crippen molar-refractivity contribution in [3.63, 3.8) is 0 Å². The number of ether oxygens (including phenoxy) is 1. The Labute approximate surface area is 94.7 Å². The molecule has 0 bridgehead atoms. The van der Waals surface area contributed by atoms with Crippen LogP contribution in [0, 0.1) is 0 Å². The number of aromatic nitrogens is 2. The summed E-state index contributed by atoms with van der Waals surface area (Å²) >= 11 is 0. The molecule has 1 aromatic heterocycles. The molecule has 0 aliphatic rings. The van der Waals surface area contributed by atoms with Crippen molar-refractivity contribution in [1.29, 1.82) is 0 Å². The minimum atomic E-state index is 0.637. The van der Waals surface area contributed by atoms with Gasteiger partial charge in [-0.3, -0.25) is 0 Å². The van der Waals surface area contributed by atoms with Gasteiger partial charge in [-0.25, -0.2) is 4.98 Å². The first-order valence-electron chi connectivity index (χ1n) is 5.23. The second-order valence-corrected chi connectivity index (χ2v) is 3.46. The van der Waals surface area contributed by atoms with Crippen molar-refractivity contribution in [3.8, 4) is 11.4 Å². The van der Waals surface area contributed by atoms with E-state index < -0.39 is 0 Å². The molecule has 84 valence electrons. The number of para-hydroxylation sites is 1. The van der Waals surface area contributed by atoms with Crippen LogP contribution in [0.3, 0.4) is 0 Å². The van der Waals surface area contributed by atoms with Crippen molar-refractivity contribution >= 4 is 5.69 Å². The zero-order chi connectivity index (χ0) is 11.5. The van der Waals surface area contributed by atoms with E-state index in [1.165, 1.54) is 0 Å². The number of methoxy groups -OCH3 is 1. The van der Waals surface area contributed by atoms with E-state index in [1.807, 2.05) is 29.0 Å². The lowest BCUT2D eigenvalue weighted by Crippen LogP contribution is -2.04. The highest BCUT2D eigenvalue weighted by atomic mass is 16.5. The summed E-state index contributed by atoms with van der Waals surface area (Å²) in [6.45, 7) is 2.06. The van der Waals surface area contributed by atoms with E-state index >= 15 is 0 Å². The maximum Gasteiger partial charge on any atom is 0.143 e. The standard InChI is InChI=1S/C12H15N3O/c1-3-11-14-7-8-15(11)9-5-4-6-10(16-2)12(9)13/h4-8H,3,13H2,1-2H3. The topological polar surface area (TPSA) is 53.1 Å². The summed E-state index contributed by atoms with van der Waals surface area (Å²) in [5.74, 6) is 1.67. The van der Waals surface area contributed by atoms with Gasteiger partial charge in [0.15, 0.2) is 0 Å². The van der Waals surface area contributed by atoms with E-state index in [9.17, 15) is 0 Å². The van der Waals surface area contributed by atoms with Crippen LogP contribution in [0.5, 0.6) is 5.75 Å². The van der Waals surface area contributed by atoms with Gasteiger partial charge in [-0.05, 0) is 12.1 Å². The molecule has 0 fully saturated rings. The fourth-order valence-corrected chi connectivity index (χ4v) is 1.74. The highest BCUT2D eigenvalue weighted by Gasteiger charge is 2.09. The summed E-state index contributed by atoms with van der Waals surface area (Å²) in [5.41, 5.74) is 7.58. The highest BCUT2D eigenvalue weighted by molar-refractivity contribution is 5.66. The Morgan fingerprint density at radius 3 is 2.94 bits per heavy atom. The van der Waals surface area contributed by atoms with Crippen molar-refractivity contribution in [2.45, 2.75) is 13.3 Å². The molecule has 0 aliphatic carbocycles. The van der Waals surface area contributed by atoms with Crippen LogP contribution in [0.25, 0.3) is 5.69 Å². The number of anilines is 1. The highest BCUT2D eigenvalue weighted by Crippen LogP contribution is 2.28. The summed E-state index contributed by atoms with van der Waals surface area (Å²) < 4.78 is 7.18. The summed E-state index contributed by atoms with van der Waals surface area (Å²) in [5, 5.41) is 0. The number of hydrogen-bond acceptors (Lipinski definition) is 3. The zero-order valence-corrected chi connectivity index (χ0v) is 9.47. The second-order valence-electron chi connectivity index (χ2n) is 3.46. The molecule has 0 radical (unpaired) electrons. The Kier molecular flexibility index (Phi) is 2.81. The van der Waals surface area contributed by atoms with Crippen LogP contribution >= 0.6 is 0 Å². The second kappa shape index (κ2) is 4.26. The molecule has 2 rings (SSSR count). The molecule has 2 N–H and O–H groups in total. The van der Waals surface area contributed by atoms with Crippen LogP contribution in [-0.4, -0.2) is 16.7 Å². The van der Waals surface area contributed by atoms with Gasteiger partial charge in [-0.1, -0.05) is 13.0 Å². The molecule has 1 aromatic carbocycles. The van der Waals surface area contributed by atoms with E-state index in [2.05, 4.69) is 11.9 Å². The van der Waals surface area contributed by atoms with Gasteiger partial charge in [-0.15, -0.1) is 0 Å². The third-order valence-electron chi connectivity index (χ3n) is 2.56. The predicted octanol–water partition coefficient (Wildman–Crippen LogP) is 2.03. The van der Waals surface area contributed by atoms with E-state index in [0.717, 1.165) is 17.9 Å². The number of hydrogen-bond donors (Lipinski definition) is 1. The average molecular weight is 217 g/mol. The first kappa shape index (κ1) is 10.5. The molecule has 2 aromatic rings. The minimum Gasteiger partial charge on any atom is -0.495 e. The van der Waals surface area contributed by atoms with Gasteiger partial charge < -0.3 is 15.0 Å². The third kappa shape index (κ3) is 1.62. The lowest BCUT2D eigenvalue weighted by atomic mass is 10.2. The van der Waals surface area contributed by atoms with Crippen molar-refractivity contribution in [1.82, 2.24) is 9.55 Å². The maximum atomic E-state index is 6.04. The normalized spacial score (nSPS) is 10.4. The van der Waals surface area contributed by atoms with Crippen LogP contribution in [0.4, 0.5) is 5.69 Å². The molecular formula is C12H15N3O. The predicted molar refractivity (Wildman–Crippen MR) is 63.9 cm³/mol. The van der Waals surface area contributed by atoms with Gasteiger partial charge in [0.1, 0.15) is 11.6 Å². The monoisotopic (exact) mass is 217 g/mol. The molecule has 16 heavy (non-hydrogen) atoms. The first-order chi connectivity index (χ1) is 7.77. The van der Waals surface area contributed by atoms with Crippen molar-refractivity contribution in [2.24, 2.45) is 0 Å². The van der Waals surface area contributed by atoms with Crippen LogP contribution in [-0.2, 0) is 6.42 Å². The van der Waals surface area contributed by atoms with Gasteiger partial charge in [0.2, 0.25) is 0 Å². The van der Waals surface area contributed by atoms with Gasteiger partial charge in [-0.2, -0.15) is 0 Å². The number of aryl methyl sites for hydroxylation is 1. The van der Waals surface area contributed by atoms with Gasteiger partial charge in [0, 0.05) is 18.8 Å². The lowest BCUT2D eigenvalue weighted by molar-refractivity contribution is 0.417. The van der Waals surface area contributed by atoms with E-state index in [1.54, 1.807) is 13.3 Å². The van der Waals surface area contributed by atoms with Gasteiger partial charge in [0.25, 0.3) is 0 Å². The lowest BCUT2D eigenvalue weighted by Gasteiger charge is -2.12. The number of nitrogens with zero attached hydrogens (tertiary/aromatic N) is 2. The van der Waals surface area contributed by atoms with Crippen molar-refractivity contribution in [3.05, 3.63) is 36.4 Å². The van der Waals surface area contributed by atoms with Crippen LogP contribution in [0.2, 0.25) is 0 Å². The molecule has 0 saturated carbocycles. The maximum absolute atomic E-state index is 6.04. The molecule has 0 amide bonds. The van der Waals surface area contributed by atoms with Crippen LogP contribution in [0.1, 0.15) is 12.7 Å². The smallest absolute Gasteiger partial charge is 0.143 e. The Hall–Kier alpha value is -1.97. The number of imidazole rings is 1. The Morgan fingerprint density at radius 2 is 2.25 bits per heavy atom. The molecule has 0 aliphatic heterocycles. The molecular weight excluding hydrogens is 202 g/mol. The Bertz CT molecular complexity index is 491. The molecule has 1 heterocycles. The Morgan fingerprint density at radius 1 is 1.44 bits per heavy atom. The zero-order valence-electron chi connectivity index (χ0n) is 9.47. The van der Waals surface area contributed by atoms with E-state index in [0.29, 0.717) is 11.4 Å². The van der Waals surface area contributed by atoms with Gasteiger partial charge in [0.05, 0.1) is 18.5 Å². The molecule has 0 atom stereocenters. The SMILES string of the molecule is CCc1nccn1-c1cccc(OC)c1N. The quantitative estimate of drug-likeness (QED) is 0.800. The fraction of sp³-hybridized carbons (Fsp3) is 0.250. The first-order valence-corrected chi connectivity index (χ1v) is 5.23. The number of nitrogen functional groups attached to an aromatic ring is 1. The Balaban J connectivity index is 2.56. The number of nitrogens with two attached hydrogens (primary N) is 1. The average Bonchev–Trinajstić information content (AvgIpc) is 2.77. The molecule has 0 saturated heterocycles. The summed E-state index contributed by atoms with van der Waals surface area (Å²) in [6.07, 6.45) is 4.55. The molecule has 0 unspecified atom stereocenters. The van der Waals surface area contributed by atoms with Crippen LogP contribution in [0.15, 0.2) is 30.6 Å². The van der Waals surface area contributed by atoms with E-state index in [-0.39, 0.29) is 0 Å². The van der Waals surface area contributed by atoms with E-state index in [4.69, 9.17) is 10.5 Å². The van der Waals surface area contributed by atoms with Crippen LogP contribution < -0.4 is 10.5 Å². The molecule has 4 heteroatoms. The molecule has 0 spiro atoms.